The van der Waals surface area contributed by atoms with Crippen molar-refractivity contribution < 1.29 is 17.2 Å². The van der Waals surface area contributed by atoms with Gasteiger partial charge in [-0.3, -0.25) is 9.69 Å². The lowest BCUT2D eigenvalue weighted by molar-refractivity contribution is -0.0000153. The Bertz CT molecular complexity index is 666. The van der Waals surface area contributed by atoms with E-state index in [2.05, 4.69) is 11.0 Å². The Morgan fingerprint density at radius 2 is 1.91 bits per heavy atom. The monoisotopic (exact) mass is 369 g/mol. The highest BCUT2D eigenvalue weighted by atomic mass is 35.5. The van der Waals surface area contributed by atoms with Crippen molar-refractivity contribution in [3.8, 4) is 0 Å². The van der Waals surface area contributed by atoms with Crippen molar-refractivity contribution in [2.45, 2.75) is 13.5 Å². The zero-order valence-corrected chi connectivity index (χ0v) is 15.3. The van der Waals surface area contributed by atoms with Crippen LogP contribution < -0.4 is 12.4 Å². The number of aryl methyl sites for hydroxylation is 1. The molecule has 124 valence electrons. The predicted octanol–water partition coefficient (Wildman–Crippen LogP) is 0.672. The van der Waals surface area contributed by atoms with Crippen LogP contribution in [0.25, 0.3) is 0 Å². The van der Waals surface area contributed by atoms with E-state index in [0.29, 0.717) is 0 Å². The van der Waals surface area contributed by atoms with Gasteiger partial charge in [0.1, 0.15) is 0 Å². The van der Waals surface area contributed by atoms with Crippen LogP contribution >= 0.6 is 22.9 Å². The Balaban J connectivity index is 0.00000192. The van der Waals surface area contributed by atoms with Crippen LogP contribution in [0.1, 0.15) is 20.1 Å². The summed E-state index contributed by atoms with van der Waals surface area (Å²) < 4.78 is 0. The summed E-state index contributed by atoms with van der Waals surface area (Å²) in [6.45, 7) is 6.31. The van der Waals surface area contributed by atoms with Gasteiger partial charge in [-0.1, -0.05) is 23.7 Å². The predicted molar refractivity (Wildman–Crippen MR) is 91.7 cm³/mol. The third-order valence-corrected chi connectivity index (χ3v) is 5.13. The first kappa shape index (κ1) is 18.3. The lowest BCUT2D eigenvalue weighted by Gasteiger charge is -2.34. The van der Waals surface area contributed by atoms with Crippen molar-refractivity contribution in [3.05, 3.63) is 56.7 Å². The van der Waals surface area contributed by atoms with E-state index < -0.39 is 0 Å². The number of amides is 1. The molecule has 1 aliphatic heterocycles. The first-order valence-corrected chi connectivity index (χ1v) is 8.64. The molecule has 0 bridgehead atoms. The maximum absolute atomic E-state index is 12.4. The molecular formula is C17H19Cl2N2OS-. The summed E-state index contributed by atoms with van der Waals surface area (Å²) in [6, 6.07) is 11.9. The van der Waals surface area contributed by atoms with Crippen LogP contribution in [0, 0.1) is 6.92 Å². The fourth-order valence-corrected chi connectivity index (χ4v) is 3.76. The Morgan fingerprint density at radius 3 is 2.52 bits per heavy atom. The first-order valence-electron chi connectivity index (χ1n) is 7.44. The lowest BCUT2D eigenvalue weighted by Crippen LogP contribution is -3.00. The molecule has 6 heteroatoms. The number of nitrogens with zero attached hydrogens (tertiary/aromatic N) is 2. The van der Waals surface area contributed by atoms with Crippen molar-refractivity contribution in [2.75, 3.05) is 26.2 Å². The number of hydrogen-bond acceptors (Lipinski definition) is 3. The van der Waals surface area contributed by atoms with Crippen molar-refractivity contribution in [1.82, 2.24) is 9.80 Å². The second kappa shape index (κ2) is 8.15. The minimum absolute atomic E-state index is 0. The summed E-state index contributed by atoms with van der Waals surface area (Å²) >= 11 is 7.60. The molecule has 1 amide bonds. The smallest absolute Gasteiger partial charge is 0.264 e. The number of halogens is 2. The van der Waals surface area contributed by atoms with Crippen LogP contribution in [-0.4, -0.2) is 41.9 Å². The summed E-state index contributed by atoms with van der Waals surface area (Å²) in [5.41, 5.74) is 1.22. The number of benzene rings is 1. The van der Waals surface area contributed by atoms with Gasteiger partial charge in [0.05, 0.1) is 4.88 Å². The van der Waals surface area contributed by atoms with E-state index in [4.69, 9.17) is 11.6 Å². The van der Waals surface area contributed by atoms with E-state index in [1.165, 1.54) is 10.4 Å². The maximum atomic E-state index is 12.4. The summed E-state index contributed by atoms with van der Waals surface area (Å²) in [5.74, 6) is 0.167. The van der Waals surface area contributed by atoms with Crippen LogP contribution in [0.4, 0.5) is 0 Å². The minimum Gasteiger partial charge on any atom is -1.00 e. The Labute approximate surface area is 152 Å². The molecular weight excluding hydrogens is 351 g/mol. The summed E-state index contributed by atoms with van der Waals surface area (Å²) in [4.78, 5) is 18.8. The molecule has 0 N–H and O–H groups in total. The number of carbonyl (C=O) groups is 1. The van der Waals surface area contributed by atoms with Gasteiger partial charge in [0.15, 0.2) is 0 Å². The number of piperazine rings is 1. The summed E-state index contributed by atoms with van der Waals surface area (Å²) in [7, 11) is 0. The highest BCUT2D eigenvalue weighted by Crippen LogP contribution is 2.19. The molecule has 0 spiro atoms. The van der Waals surface area contributed by atoms with Gasteiger partial charge in [-0.05, 0) is 36.8 Å². The molecule has 2 aromatic rings. The molecule has 3 nitrogen and oxygen atoms in total. The van der Waals surface area contributed by atoms with E-state index in [1.54, 1.807) is 11.3 Å². The van der Waals surface area contributed by atoms with Gasteiger partial charge in [0.2, 0.25) is 0 Å². The number of carbonyl (C=O) groups excluding carboxylic acids is 1. The van der Waals surface area contributed by atoms with Crippen LogP contribution in [-0.2, 0) is 6.54 Å². The molecule has 1 saturated heterocycles. The second-order valence-corrected chi connectivity index (χ2v) is 7.33. The maximum Gasteiger partial charge on any atom is 0.264 e. The van der Waals surface area contributed by atoms with Gasteiger partial charge in [0, 0.05) is 42.6 Å². The Kier molecular flexibility index (Phi) is 6.48. The fraction of sp³-hybridized carbons (Fsp3) is 0.353. The SMILES string of the molecule is Cc1ccc(C(=O)N2CCN(Cc3cccc(Cl)c3)CC2)s1.[Cl-]. The van der Waals surface area contributed by atoms with Gasteiger partial charge < -0.3 is 17.3 Å². The summed E-state index contributed by atoms with van der Waals surface area (Å²) in [6.07, 6.45) is 0. The van der Waals surface area contributed by atoms with Gasteiger partial charge in [0.25, 0.3) is 5.91 Å². The normalized spacial score (nSPS) is 15.3. The molecule has 0 aliphatic carbocycles. The highest BCUT2D eigenvalue weighted by molar-refractivity contribution is 7.13. The largest absolute Gasteiger partial charge is 1.00 e. The first-order chi connectivity index (χ1) is 10.6. The van der Waals surface area contributed by atoms with Crippen molar-refractivity contribution in [1.29, 1.82) is 0 Å². The third kappa shape index (κ3) is 4.70. The average molecular weight is 370 g/mol. The molecule has 1 aromatic carbocycles. The molecule has 3 rings (SSSR count). The molecule has 2 heterocycles. The minimum atomic E-state index is 0. The lowest BCUT2D eigenvalue weighted by atomic mass is 10.2. The van der Waals surface area contributed by atoms with Crippen molar-refractivity contribution in [2.24, 2.45) is 0 Å². The van der Waals surface area contributed by atoms with E-state index in [9.17, 15) is 4.79 Å². The average Bonchev–Trinajstić information content (AvgIpc) is 2.94. The van der Waals surface area contributed by atoms with E-state index in [0.717, 1.165) is 42.6 Å². The molecule has 1 aliphatic rings. The fourth-order valence-electron chi connectivity index (χ4n) is 2.71. The molecule has 23 heavy (non-hydrogen) atoms. The van der Waals surface area contributed by atoms with Gasteiger partial charge >= 0.3 is 0 Å². The van der Waals surface area contributed by atoms with E-state index >= 15 is 0 Å². The topological polar surface area (TPSA) is 23.6 Å². The quantitative estimate of drug-likeness (QED) is 0.793. The van der Waals surface area contributed by atoms with Crippen molar-refractivity contribution in [3.63, 3.8) is 0 Å². The molecule has 0 atom stereocenters. The Hall–Kier alpha value is -1.07. The number of hydrogen-bond donors (Lipinski definition) is 0. The molecule has 1 fully saturated rings. The van der Waals surface area contributed by atoms with Crippen LogP contribution in [0.5, 0.6) is 0 Å². The zero-order valence-electron chi connectivity index (χ0n) is 13.0. The van der Waals surface area contributed by atoms with E-state index in [1.807, 2.05) is 42.2 Å². The highest BCUT2D eigenvalue weighted by Gasteiger charge is 2.22. The second-order valence-electron chi connectivity index (χ2n) is 5.61. The van der Waals surface area contributed by atoms with Crippen LogP contribution in [0.2, 0.25) is 5.02 Å². The Morgan fingerprint density at radius 1 is 1.17 bits per heavy atom. The van der Waals surface area contributed by atoms with Gasteiger partial charge in [-0.25, -0.2) is 0 Å². The summed E-state index contributed by atoms with van der Waals surface area (Å²) in [5, 5.41) is 0.777. The zero-order chi connectivity index (χ0) is 15.5. The van der Waals surface area contributed by atoms with Gasteiger partial charge in [-0.15, -0.1) is 11.3 Å². The molecule has 0 unspecified atom stereocenters. The van der Waals surface area contributed by atoms with Gasteiger partial charge in [-0.2, -0.15) is 0 Å². The van der Waals surface area contributed by atoms with E-state index in [-0.39, 0.29) is 18.3 Å². The molecule has 0 radical (unpaired) electrons. The number of rotatable bonds is 3. The van der Waals surface area contributed by atoms with Crippen LogP contribution in [0.3, 0.4) is 0 Å². The van der Waals surface area contributed by atoms with Crippen molar-refractivity contribution >= 4 is 28.8 Å². The molecule has 1 aromatic heterocycles. The van der Waals surface area contributed by atoms with Crippen LogP contribution in [0.15, 0.2) is 36.4 Å². The third-order valence-electron chi connectivity index (χ3n) is 3.91. The number of thiophene rings is 1. The standard InChI is InChI=1S/C17H19ClN2OS.ClH/c1-13-5-6-16(22-13)17(21)20-9-7-19(8-10-20)12-14-3-2-4-15(18)11-14;/h2-6,11H,7-10,12H2,1H3;1H/p-1. The molecule has 0 saturated carbocycles.